The molecule has 39 heavy (non-hydrogen) atoms. The standard InChI is InChI=1S/C29H37N3O7/c1-3-30(4-2)22-10-8-21-17-24(28(36)39-26(21)18-22)27(35)31-12-14-32(15-13-31)29(37)38-16-6-5-7-20-9-11-23(33)19-25(20)34/h8,10,17-18,20H,3-7,9,11-16,19H2,1-2H3. The molecule has 0 radical (unpaired) electrons. The summed E-state index contributed by atoms with van der Waals surface area (Å²) in [6.45, 7) is 7.21. The predicted molar refractivity (Wildman–Crippen MR) is 146 cm³/mol. The summed E-state index contributed by atoms with van der Waals surface area (Å²) in [5, 5.41) is 0.678. The molecular weight excluding hydrogens is 502 g/mol. The molecule has 1 unspecified atom stereocenters. The van der Waals surface area contributed by atoms with Crippen molar-refractivity contribution in [2.24, 2.45) is 5.92 Å². The van der Waals surface area contributed by atoms with E-state index < -0.39 is 17.6 Å². The zero-order valence-electron chi connectivity index (χ0n) is 22.8. The van der Waals surface area contributed by atoms with E-state index in [4.69, 9.17) is 9.15 Å². The van der Waals surface area contributed by atoms with Crippen LogP contribution in [0.4, 0.5) is 10.5 Å². The van der Waals surface area contributed by atoms with Crippen LogP contribution in [0.25, 0.3) is 11.0 Å². The maximum Gasteiger partial charge on any atom is 0.409 e. The fourth-order valence-corrected chi connectivity index (χ4v) is 5.27. The van der Waals surface area contributed by atoms with Crippen LogP contribution >= 0.6 is 0 Å². The van der Waals surface area contributed by atoms with Crippen molar-refractivity contribution in [2.75, 3.05) is 50.8 Å². The van der Waals surface area contributed by atoms with Crippen molar-refractivity contribution >= 4 is 40.2 Å². The molecule has 2 heterocycles. The molecule has 1 saturated heterocycles. The zero-order chi connectivity index (χ0) is 27.9. The van der Waals surface area contributed by atoms with Gasteiger partial charge in [-0.15, -0.1) is 0 Å². The third-order valence-electron chi connectivity index (χ3n) is 7.67. The number of ketones is 2. The number of amides is 2. The molecular formula is C29H37N3O7. The van der Waals surface area contributed by atoms with Gasteiger partial charge in [-0.2, -0.15) is 0 Å². The van der Waals surface area contributed by atoms with Crippen LogP contribution < -0.4 is 10.5 Å². The van der Waals surface area contributed by atoms with Gasteiger partial charge in [-0.3, -0.25) is 14.4 Å². The van der Waals surface area contributed by atoms with Crippen molar-refractivity contribution < 1.29 is 28.3 Å². The lowest BCUT2D eigenvalue weighted by molar-refractivity contribution is -0.132. The van der Waals surface area contributed by atoms with Crippen LogP contribution in [0.15, 0.2) is 33.5 Å². The summed E-state index contributed by atoms with van der Waals surface area (Å²) in [6, 6.07) is 7.20. The number of piperazine rings is 1. The lowest BCUT2D eigenvalue weighted by atomic mass is 9.84. The Morgan fingerprint density at radius 2 is 1.72 bits per heavy atom. The third kappa shape index (κ3) is 6.85. The van der Waals surface area contributed by atoms with E-state index in [0.717, 1.165) is 25.2 Å². The topological polar surface area (TPSA) is 117 Å². The smallest absolute Gasteiger partial charge is 0.409 e. The third-order valence-corrected chi connectivity index (χ3v) is 7.67. The second-order valence-corrected chi connectivity index (χ2v) is 10.1. The maximum atomic E-state index is 13.1. The lowest BCUT2D eigenvalue weighted by Gasteiger charge is -2.34. The first-order chi connectivity index (χ1) is 18.8. The van der Waals surface area contributed by atoms with Crippen molar-refractivity contribution in [1.29, 1.82) is 0 Å². The van der Waals surface area contributed by atoms with Crippen LogP contribution in [0.3, 0.4) is 0 Å². The van der Waals surface area contributed by atoms with E-state index in [9.17, 15) is 24.0 Å². The van der Waals surface area contributed by atoms with E-state index in [2.05, 4.69) is 18.7 Å². The van der Waals surface area contributed by atoms with E-state index in [1.165, 1.54) is 0 Å². The predicted octanol–water partition coefficient (Wildman–Crippen LogP) is 3.64. The van der Waals surface area contributed by atoms with Crippen molar-refractivity contribution in [3.05, 3.63) is 40.2 Å². The van der Waals surface area contributed by atoms with Gasteiger partial charge in [-0.25, -0.2) is 9.59 Å². The van der Waals surface area contributed by atoms with Crippen LogP contribution in [0.5, 0.6) is 0 Å². The van der Waals surface area contributed by atoms with Crippen LogP contribution in [-0.2, 0) is 14.3 Å². The number of hydrogen-bond acceptors (Lipinski definition) is 8. The molecule has 4 rings (SSSR count). The van der Waals surface area contributed by atoms with Crippen molar-refractivity contribution in [3.63, 3.8) is 0 Å². The molecule has 2 amide bonds. The molecule has 1 saturated carbocycles. The number of benzene rings is 1. The van der Waals surface area contributed by atoms with Crippen LogP contribution in [-0.4, -0.2) is 79.2 Å². The molecule has 0 bridgehead atoms. The average Bonchev–Trinajstić information content (AvgIpc) is 2.93. The summed E-state index contributed by atoms with van der Waals surface area (Å²) in [4.78, 5) is 66.7. The second-order valence-electron chi connectivity index (χ2n) is 10.1. The van der Waals surface area contributed by atoms with Gasteiger partial charge >= 0.3 is 11.7 Å². The Morgan fingerprint density at radius 1 is 1.00 bits per heavy atom. The van der Waals surface area contributed by atoms with E-state index >= 15 is 0 Å². The van der Waals surface area contributed by atoms with E-state index in [1.807, 2.05) is 18.2 Å². The van der Waals surface area contributed by atoms with E-state index in [-0.39, 0.29) is 49.2 Å². The number of anilines is 1. The van der Waals surface area contributed by atoms with Crippen molar-refractivity contribution in [2.45, 2.75) is 52.4 Å². The first-order valence-corrected chi connectivity index (χ1v) is 13.9. The zero-order valence-corrected chi connectivity index (χ0v) is 22.8. The molecule has 1 aromatic carbocycles. The minimum Gasteiger partial charge on any atom is -0.449 e. The van der Waals surface area contributed by atoms with Gasteiger partial charge in [0.05, 0.1) is 13.0 Å². The van der Waals surface area contributed by atoms with Crippen LogP contribution in [0.2, 0.25) is 0 Å². The van der Waals surface area contributed by atoms with E-state index in [1.54, 1.807) is 15.9 Å². The Kier molecular flexibility index (Phi) is 9.37. The van der Waals surface area contributed by atoms with E-state index in [0.29, 0.717) is 49.7 Å². The fraction of sp³-hybridized carbons (Fsp3) is 0.552. The van der Waals surface area contributed by atoms with Gasteiger partial charge in [0.25, 0.3) is 5.91 Å². The number of rotatable bonds is 9. The number of ether oxygens (including phenoxy) is 1. The first-order valence-electron chi connectivity index (χ1n) is 13.9. The quantitative estimate of drug-likeness (QED) is 0.269. The number of nitrogens with zero attached hydrogens (tertiary/aromatic N) is 3. The number of carbonyl (C=O) groups excluding carboxylic acids is 4. The monoisotopic (exact) mass is 539 g/mol. The highest BCUT2D eigenvalue weighted by Gasteiger charge is 2.28. The molecule has 0 N–H and O–H groups in total. The summed E-state index contributed by atoms with van der Waals surface area (Å²) >= 11 is 0. The van der Waals surface area contributed by atoms with Gasteiger partial charge < -0.3 is 23.9 Å². The minimum absolute atomic E-state index is 0.0186. The molecule has 2 aliphatic rings. The lowest BCUT2D eigenvalue weighted by Crippen LogP contribution is -2.51. The van der Waals surface area contributed by atoms with Gasteiger partial charge in [-0.05, 0) is 57.7 Å². The summed E-state index contributed by atoms with van der Waals surface area (Å²) in [5.74, 6) is -0.414. The van der Waals surface area contributed by atoms with Gasteiger partial charge in [0.15, 0.2) is 0 Å². The summed E-state index contributed by atoms with van der Waals surface area (Å²) in [7, 11) is 0. The summed E-state index contributed by atoms with van der Waals surface area (Å²) in [6.07, 6.45) is 2.84. The highest BCUT2D eigenvalue weighted by molar-refractivity contribution is 6.02. The highest BCUT2D eigenvalue weighted by Crippen LogP contribution is 2.24. The maximum absolute atomic E-state index is 13.1. The number of hydrogen-bond donors (Lipinski definition) is 0. The molecule has 210 valence electrons. The van der Waals surface area contributed by atoms with Crippen molar-refractivity contribution in [3.8, 4) is 0 Å². The Morgan fingerprint density at radius 3 is 2.41 bits per heavy atom. The molecule has 10 heteroatoms. The first kappa shape index (κ1) is 28.3. The molecule has 1 aliphatic heterocycles. The molecule has 1 aliphatic carbocycles. The number of fused-ring (bicyclic) bond motifs is 1. The minimum atomic E-state index is -0.674. The number of unbranched alkanes of at least 4 members (excludes halogenated alkanes) is 1. The molecule has 2 fully saturated rings. The van der Waals surface area contributed by atoms with Gasteiger partial charge in [0.2, 0.25) is 0 Å². The second kappa shape index (κ2) is 12.9. The van der Waals surface area contributed by atoms with Gasteiger partial charge in [0.1, 0.15) is 22.7 Å². The average molecular weight is 540 g/mol. The fourth-order valence-electron chi connectivity index (χ4n) is 5.27. The summed E-state index contributed by atoms with van der Waals surface area (Å²) < 4.78 is 10.9. The normalized spacial score (nSPS) is 17.9. The van der Waals surface area contributed by atoms with Gasteiger partial charge in [0, 0.05) is 68.7 Å². The van der Waals surface area contributed by atoms with Gasteiger partial charge in [-0.1, -0.05) is 0 Å². The number of Topliss-reactive ketones (excluding diaryl/α,β-unsaturated/α-hetero) is 2. The number of carbonyl (C=O) groups is 4. The highest BCUT2D eigenvalue weighted by atomic mass is 16.6. The Hall–Kier alpha value is -3.69. The SMILES string of the molecule is CCN(CC)c1ccc2cc(C(=O)N3CCN(C(=O)OCCCCC4CCC(=O)CC4=O)CC3)c(=O)oc2c1. The molecule has 0 spiro atoms. The largest absolute Gasteiger partial charge is 0.449 e. The van der Waals surface area contributed by atoms with Crippen LogP contribution in [0, 0.1) is 5.92 Å². The molecule has 1 atom stereocenters. The molecule has 10 nitrogen and oxygen atoms in total. The Bertz CT molecular complexity index is 1280. The van der Waals surface area contributed by atoms with Crippen LogP contribution in [0.1, 0.15) is 62.7 Å². The Labute approximate surface area is 227 Å². The van der Waals surface area contributed by atoms with Crippen molar-refractivity contribution in [1.82, 2.24) is 9.80 Å². The summed E-state index contributed by atoms with van der Waals surface area (Å²) in [5.41, 5.74) is 0.700. The molecule has 1 aromatic heterocycles. The molecule has 2 aromatic rings. The Balaban J connectivity index is 1.24.